The van der Waals surface area contributed by atoms with Crippen molar-refractivity contribution in [3.8, 4) is 5.75 Å². The third-order valence-corrected chi connectivity index (χ3v) is 4.15. The average molecular weight is 292 g/mol. The second kappa shape index (κ2) is 7.05. The third-order valence-electron chi connectivity index (χ3n) is 4.15. The van der Waals surface area contributed by atoms with E-state index in [0.717, 1.165) is 31.2 Å². The summed E-state index contributed by atoms with van der Waals surface area (Å²) in [5, 5.41) is 10.0. The molecule has 1 aromatic carbocycles. The van der Waals surface area contributed by atoms with Crippen molar-refractivity contribution < 1.29 is 19.4 Å². The molecule has 1 aliphatic rings. The van der Waals surface area contributed by atoms with E-state index in [4.69, 9.17) is 9.47 Å². The van der Waals surface area contributed by atoms with Gasteiger partial charge in [0.2, 0.25) is 0 Å². The van der Waals surface area contributed by atoms with Crippen molar-refractivity contribution in [3.05, 3.63) is 29.3 Å². The van der Waals surface area contributed by atoms with Crippen LogP contribution in [0.1, 0.15) is 61.6 Å². The van der Waals surface area contributed by atoms with Crippen LogP contribution in [0.5, 0.6) is 5.75 Å². The minimum absolute atomic E-state index is 0.0465. The monoisotopic (exact) mass is 292 g/mol. The maximum atomic E-state index is 12.0. The van der Waals surface area contributed by atoms with Crippen molar-refractivity contribution in [1.29, 1.82) is 0 Å². The van der Waals surface area contributed by atoms with Gasteiger partial charge in [0.1, 0.15) is 11.9 Å². The first-order chi connectivity index (χ1) is 10.0. The number of carbonyl (C=O) groups excluding carboxylic acids is 1. The maximum Gasteiger partial charge on any atom is 0.163 e. The number of hydrogen-bond acceptors (Lipinski definition) is 4. The molecule has 116 valence electrons. The second-order valence-electron chi connectivity index (χ2n) is 5.66. The summed E-state index contributed by atoms with van der Waals surface area (Å²) in [4.78, 5) is 12.0. The van der Waals surface area contributed by atoms with Gasteiger partial charge in [-0.3, -0.25) is 4.79 Å². The van der Waals surface area contributed by atoms with E-state index in [1.807, 2.05) is 19.1 Å². The minimum Gasteiger partial charge on any atom is -0.487 e. The highest BCUT2D eigenvalue weighted by molar-refractivity contribution is 5.98. The zero-order chi connectivity index (χ0) is 15.4. The number of methoxy groups -OCH3 is 1. The van der Waals surface area contributed by atoms with Crippen LogP contribution in [0.15, 0.2) is 18.2 Å². The van der Waals surface area contributed by atoms with Gasteiger partial charge in [0.05, 0.1) is 17.8 Å². The molecule has 0 aliphatic heterocycles. The molecule has 4 heteroatoms. The van der Waals surface area contributed by atoms with Gasteiger partial charge in [0.25, 0.3) is 0 Å². The molecule has 1 fully saturated rings. The van der Waals surface area contributed by atoms with Crippen LogP contribution in [0.25, 0.3) is 0 Å². The largest absolute Gasteiger partial charge is 0.487 e. The molecule has 0 heterocycles. The quantitative estimate of drug-likeness (QED) is 0.846. The fourth-order valence-electron chi connectivity index (χ4n) is 2.87. The summed E-state index contributed by atoms with van der Waals surface area (Å²) >= 11 is 0. The maximum absolute atomic E-state index is 12.0. The topological polar surface area (TPSA) is 55.8 Å². The molecule has 21 heavy (non-hydrogen) atoms. The normalized spacial score (nSPS) is 23.6. The molecular weight excluding hydrogens is 268 g/mol. The average Bonchev–Trinajstić information content (AvgIpc) is 2.48. The molecule has 0 saturated heterocycles. The Kier molecular flexibility index (Phi) is 5.37. The van der Waals surface area contributed by atoms with Crippen molar-refractivity contribution in [2.45, 2.75) is 57.8 Å². The fraction of sp³-hybridized carbons (Fsp3) is 0.588. The van der Waals surface area contributed by atoms with Crippen molar-refractivity contribution in [3.63, 3.8) is 0 Å². The van der Waals surface area contributed by atoms with Crippen LogP contribution in [-0.2, 0) is 4.74 Å². The van der Waals surface area contributed by atoms with Crippen LogP contribution in [0.4, 0.5) is 0 Å². The number of ether oxygens (including phenoxy) is 2. The van der Waals surface area contributed by atoms with Gasteiger partial charge >= 0.3 is 0 Å². The molecule has 2 unspecified atom stereocenters. The second-order valence-corrected chi connectivity index (χ2v) is 5.66. The van der Waals surface area contributed by atoms with E-state index in [0.29, 0.717) is 11.3 Å². The lowest BCUT2D eigenvalue weighted by molar-refractivity contribution is 0.00627. The van der Waals surface area contributed by atoms with Gasteiger partial charge in [-0.15, -0.1) is 0 Å². The summed E-state index contributed by atoms with van der Waals surface area (Å²) in [5.74, 6) is 0.504. The summed E-state index contributed by atoms with van der Waals surface area (Å²) in [6.07, 6.45) is 2.79. The first kappa shape index (κ1) is 16.0. The molecule has 2 rings (SSSR count). The molecule has 1 saturated carbocycles. The first-order valence-corrected chi connectivity index (χ1v) is 7.56. The van der Waals surface area contributed by atoms with E-state index in [2.05, 4.69) is 0 Å². The Morgan fingerprint density at radius 1 is 1.33 bits per heavy atom. The van der Waals surface area contributed by atoms with Crippen LogP contribution in [0.2, 0.25) is 0 Å². The SMILES string of the molecule is COC(C)c1cccc(OC2CCCC[C@@H]2O)c1C(C)=O. The minimum atomic E-state index is -0.456. The molecule has 3 atom stereocenters. The molecule has 1 aliphatic carbocycles. The Bertz CT molecular complexity index is 498. The van der Waals surface area contributed by atoms with Crippen molar-refractivity contribution in [1.82, 2.24) is 0 Å². The molecule has 0 amide bonds. The van der Waals surface area contributed by atoms with E-state index >= 15 is 0 Å². The molecule has 0 spiro atoms. The molecule has 0 aromatic heterocycles. The highest BCUT2D eigenvalue weighted by atomic mass is 16.5. The smallest absolute Gasteiger partial charge is 0.163 e. The Morgan fingerprint density at radius 2 is 2.05 bits per heavy atom. The lowest BCUT2D eigenvalue weighted by Gasteiger charge is -2.29. The summed E-state index contributed by atoms with van der Waals surface area (Å²) < 4.78 is 11.3. The highest BCUT2D eigenvalue weighted by Gasteiger charge is 2.27. The van der Waals surface area contributed by atoms with E-state index in [9.17, 15) is 9.90 Å². The standard InChI is InChI=1S/C17H24O4/c1-11(18)17-13(12(2)20-3)7-6-10-16(17)21-15-9-5-4-8-14(15)19/h6-7,10,12,14-15,19H,4-5,8-9H2,1-3H3/t12?,14-,15?/m0/s1. The summed E-state index contributed by atoms with van der Waals surface area (Å²) in [5.41, 5.74) is 1.39. The number of Topliss-reactive ketones (excluding diaryl/α,β-unsaturated/α-hetero) is 1. The van der Waals surface area contributed by atoms with Gasteiger partial charge in [0, 0.05) is 7.11 Å². The molecule has 1 N–H and O–H groups in total. The van der Waals surface area contributed by atoms with Gasteiger partial charge in [-0.1, -0.05) is 18.6 Å². The number of aliphatic hydroxyl groups is 1. The highest BCUT2D eigenvalue weighted by Crippen LogP contribution is 2.32. The molecule has 4 nitrogen and oxygen atoms in total. The molecular formula is C17H24O4. The Hall–Kier alpha value is -1.39. The van der Waals surface area contributed by atoms with Crippen LogP contribution < -0.4 is 4.74 Å². The van der Waals surface area contributed by atoms with Crippen LogP contribution >= 0.6 is 0 Å². The van der Waals surface area contributed by atoms with Crippen LogP contribution in [0.3, 0.4) is 0 Å². The van der Waals surface area contributed by atoms with Crippen LogP contribution in [0, 0.1) is 0 Å². The summed E-state index contributed by atoms with van der Waals surface area (Å²) in [7, 11) is 1.62. The first-order valence-electron chi connectivity index (χ1n) is 7.56. The Morgan fingerprint density at radius 3 is 2.67 bits per heavy atom. The molecule has 0 radical (unpaired) electrons. The van der Waals surface area contributed by atoms with Gasteiger partial charge < -0.3 is 14.6 Å². The van der Waals surface area contributed by atoms with Gasteiger partial charge in [0.15, 0.2) is 5.78 Å². The number of aliphatic hydroxyl groups excluding tert-OH is 1. The van der Waals surface area contributed by atoms with E-state index in [-0.39, 0.29) is 18.0 Å². The van der Waals surface area contributed by atoms with E-state index in [1.54, 1.807) is 13.2 Å². The van der Waals surface area contributed by atoms with Crippen molar-refractivity contribution in [2.24, 2.45) is 0 Å². The van der Waals surface area contributed by atoms with Gasteiger partial charge in [-0.2, -0.15) is 0 Å². The predicted octanol–water partition coefficient (Wildman–Crippen LogP) is 3.28. The zero-order valence-electron chi connectivity index (χ0n) is 13.0. The fourth-order valence-corrected chi connectivity index (χ4v) is 2.87. The predicted molar refractivity (Wildman–Crippen MR) is 80.8 cm³/mol. The lowest BCUT2D eigenvalue weighted by Crippen LogP contribution is -2.35. The van der Waals surface area contributed by atoms with Crippen molar-refractivity contribution in [2.75, 3.05) is 7.11 Å². The van der Waals surface area contributed by atoms with E-state index < -0.39 is 6.10 Å². The number of ketones is 1. The van der Waals surface area contributed by atoms with Crippen molar-refractivity contribution >= 4 is 5.78 Å². The summed E-state index contributed by atoms with van der Waals surface area (Å²) in [6.45, 7) is 3.44. The van der Waals surface area contributed by atoms with Gasteiger partial charge in [-0.25, -0.2) is 0 Å². The number of hydrogen-bond donors (Lipinski definition) is 1. The number of rotatable bonds is 5. The third kappa shape index (κ3) is 3.63. The van der Waals surface area contributed by atoms with E-state index in [1.165, 1.54) is 6.92 Å². The lowest BCUT2D eigenvalue weighted by atomic mass is 9.94. The molecule has 0 bridgehead atoms. The zero-order valence-corrected chi connectivity index (χ0v) is 13.0. The van der Waals surface area contributed by atoms with Crippen LogP contribution in [-0.4, -0.2) is 30.2 Å². The van der Waals surface area contributed by atoms with Gasteiger partial charge in [-0.05, 0) is 44.7 Å². The summed E-state index contributed by atoms with van der Waals surface area (Å²) in [6, 6.07) is 5.54. The number of carbonyl (C=O) groups is 1. The number of benzene rings is 1. The molecule has 1 aromatic rings. The Balaban J connectivity index is 2.32. The Labute approximate surface area is 126 Å².